The molecule has 1 heterocycles. The maximum absolute atomic E-state index is 13.2. The molecule has 1 aliphatic rings. The smallest absolute Gasteiger partial charge is 0.278 e. The van der Waals surface area contributed by atoms with Crippen LogP contribution in [0.5, 0.6) is 5.75 Å². The molecule has 1 aromatic heterocycles. The first kappa shape index (κ1) is 20.0. The predicted octanol–water partition coefficient (Wildman–Crippen LogP) is 5.00. The quantitative estimate of drug-likeness (QED) is 0.453. The largest absolute Gasteiger partial charge is 0.496 e. The number of anilines is 1. The fraction of sp³-hybridized carbons (Fsp3) is 0.192. The van der Waals surface area contributed by atoms with Gasteiger partial charge in [-0.1, -0.05) is 53.7 Å². The first-order valence-electron chi connectivity index (χ1n) is 10.8. The van der Waals surface area contributed by atoms with Crippen LogP contribution in [0.4, 0.5) is 5.69 Å². The number of hydrogen-bond donors (Lipinski definition) is 1. The zero-order valence-electron chi connectivity index (χ0n) is 17.9. The summed E-state index contributed by atoms with van der Waals surface area (Å²) in [5.74, 6) is 0.862. The average Bonchev–Trinajstić information content (AvgIpc) is 3.58. The molecule has 0 atom stereocenters. The third-order valence-electron chi connectivity index (χ3n) is 5.66. The number of nitrogens with zero attached hydrogens (tertiary/aromatic N) is 3. The molecule has 0 bridgehead atoms. The van der Waals surface area contributed by atoms with E-state index in [0.29, 0.717) is 23.7 Å². The number of hydrogen-bond acceptors (Lipinski definition) is 4. The molecule has 0 saturated heterocycles. The minimum atomic E-state index is -0.245. The van der Waals surface area contributed by atoms with E-state index in [0.717, 1.165) is 35.5 Å². The zero-order valence-corrected chi connectivity index (χ0v) is 17.9. The molecule has 32 heavy (non-hydrogen) atoms. The molecule has 3 aromatic carbocycles. The zero-order chi connectivity index (χ0) is 21.9. The Bertz CT molecular complexity index is 1230. The summed E-state index contributed by atoms with van der Waals surface area (Å²) in [7, 11) is 1.66. The standard InChI is InChI=1S/C26H24N4O2/c1-32-23-15-14-21(17-20(23)16-18-8-4-2-5-9-18)27-26(31)24-25(19-12-13-19)30(29-28-24)22-10-6-3-7-11-22/h2-11,14-15,17,19H,12-13,16H2,1H3,(H,27,31). The highest BCUT2D eigenvalue weighted by molar-refractivity contribution is 6.04. The van der Waals surface area contributed by atoms with Gasteiger partial charge in [-0.3, -0.25) is 4.79 Å². The molecule has 1 fully saturated rings. The van der Waals surface area contributed by atoms with Gasteiger partial charge in [0, 0.05) is 23.6 Å². The highest BCUT2D eigenvalue weighted by Gasteiger charge is 2.34. The van der Waals surface area contributed by atoms with E-state index in [-0.39, 0.29) is 5.91 Å². The minimum Gasteiger partial charge on any atom is -0.496 e. The molecule has 1 aliphatic carbocycles. The Kier molecular flexibility index (Phi) is 5.42. The summed E-state index contributed by atoms with van der Waals surface area (Å²) >= 11 is 0. The summed E-state index contributed by atoms with van der Waals surface area (Å²) in [5, 5.41) is 11.6. The first-order chi connectivity index (χ1) is 15.7. The van der Waals surface area contributed by atoms with Crippen LogP contribution < -0.4 is 10.1 Å². The van der Waals surface area contributed by atoms with Crippen LogP contribution in [0.3, 0.4) is 0 Å². The lowest BCUT2D eigenvalue weighted by molar-refractivity contribution is 0.102. The van der Waals surface area contributed by atoms with Crippen LogP contribution in [0, 0.1) is 0 Å². The number of carbonyl (C=O) groups excluding carboxylic acids is 1. The normalized spacial score (nSPS) is 13.0. The topological polar surface area (TPSA) is 69.0 Å². The van der Waals surface area contributed by atoms with Gasteiger partial charge < -0.3 is 10.1 Å². The number of nitrogens with one attached hydrogen (secondary N) is 1. The van der Waals surface area contributed by atoms with Crippen molar-refractivity contribution in [2.24, 2.45) is 0 Å². The highest BCUT2D eigenvalue weighted by atomic mass is 16.5. The van der Waals surface area contributed by atoms with Crippen LogP contribution in [-0.2, 0) is 6.42 Å². The molecular weight excluding hydrogens is 400 g/mol. The molecule has 4 aromatic rings. The van der Waals surface area contributed by atoms with Gasteiger partial charge >= 0.3 is 0 Å². The van der Waals surface area contributed by atoms with Gasteiger partial charge in [-0.2, -0.15) is 0 Å². The number of para-hydroxylation sites is 1. The molecule has 5 rings (SSSR count). The van der Waals surface area contributed by atoms with Crippen molar-refractivity contribution < 1.29 is 9.53 Å². The number of benzene rings is 3. The average molecular weight is 425 g/mol. The Balaban J connectivity index is 1.42. The molecule has 1 saturated carbocycles. The Labute approximate surface area is 186 Å². The van der Waals surface area contributed by atoms with Crippen LogP contribution in [0.25, 0.3) is 5.69 Å². The fourth-order valence-corrected chi connectivity index (χ4v) is 3.93. The van der Waals surface area contributed by atoms with E-state index >= 15 is 0 Å². The summed E-state index contributed by atoms with van der Waals surface area (Å²) < 4.78 is 7.33. The van der Waals surface area contributed by atoms with Gasteiger partial charge in [-0.25, -0.2) is 4.68 Å². The third-order valence-corrected chi connectivity index (χ3v) is 5.66. The van der Waals surface area contributed by atoms with Crippen molar-refractivity contribution in [1.29, 1.82) is 0 Å². The second-order valence-corrected chi connectivity index (χ2v) is 7.99. The van der Waals surface area contributed by atoms with Gasteiger partial charge in [0.05, 0.1) is 18.5 Å². The van der Waals surface area contributed by atoms with Crippen LogP contribution in [0.1, 0.15) is 46.1 Å². The third kappa shape index (κ3) is 4.12. The molecule has 1 N–H and O–H groups in total. The van der Waals surface area contributed by atoms with E-state index in [4.69, 9.17) is 4.74 Å². The van der Waals surface area contributed by atoms with Crippen molar-refractivity contribution in [2.45, 2.75) is 25.2 Å². The Morgan fingerprint density at radius 1 is 1.03 bits per heavy atom. The van der Waals surface area contributed by atoms with E-state index in [2.05, 4.69) is 27.8 Å². The van der Waals surface area contributed by atoms with Gasteiger partial charge in [0.1, 0.15) is 5.75 Å². The molecule has 0 unspecified atom stereocenters. The van der Waals surface area contributed by atoms with Crippen LogP contribution in [0.15, 0.2) is 78.9 Å². The minimum absolute atomic E-state index is 0.245. The monoisotopic (exact) mass is 424 g/mol. The number of rotatable bonds is 7. The predicted molar refractivity (Wildman–Crippen MR) is 124 cm³/mol. The van der Waals surface area contributed by atoms with Crippen molar-refractivity contribution in [1.82, 2.24) is 15.0 Å². The Morgan fingerprint density at radius 3 is 2.44 bits per heavy atom. The van der Waals surface area contributed by atoms with Gasteiger partial charge in [-0.05, 0) is 48.7 Å². The summed E-state index contributed by atoms with van der Waals surface area (Å²) in [4.78, 5) is 13.2. The lowest BCUT2D eigenvalue weighted by Crippen LogP contribution is -2.15. The van der Waals surface area contributed by atoms with Crippen molar-refractivity contribution in [3.05, 3.63) is 101 Å². The second-order valence-electron chi connectivity index (χ2n) is 7.99. The lowest BCUT2D eigenvalue weighted by atomic mass is 10.0. The molecular formula is C26H24N4O2. The SMILES string of the molecule is COc1ccc(NC(=O)c2nnn(-c3ccccc3)c2C2CC2)cc1Cc1ccccc1. The van der Waals surface area contributed by atoms with Gasteiger partial charge in [0.25, 0.3) is 5.91 Å². The maximum Gasteiger partial charge on any atom is 0.278 e. The number of methoxy groups -OCH3 is 1. The van der Waals surface area contributed by atoms with Crippen LogP contribution in [0.2, 0.25) is 0 Å². The van der Waals surface area contributed by atoms with Gasteiger partial charge in [-0.15, -0.1) is 5.10 Å². The van der Waals surface area contributed by atoms with Crippen LogP contribution >= 0.6 is 0 Å². The maximum atomic E-state index is 13.2. The number of ether oxygens (including phenoxy) is 1. The molecule has 0 radical (unpaired) electrons. The second kappa shape index (κ2) is 8.67. The van der Waals surface area contributed by atoms with E-state index in [9.17, 15) is 4.79 Å². The van der Waals surface area contributed by atoms with Crippen molar-refractivity contribution in [3.63, 3.8) is 0 Å². The van der Waals surface area contributed by atoms with Gasteiger partial charge in [0.2, 0.25) is 0 Å². The van der Waals surface area contributed by atoms with E-state index in [1.54, 1.807) is 11.8 Å². The molecule has 6 heteroatoms. The lowest BCUT2D eigenvalue weighted by Gasteiger charge is -2.12. The van der Waals surface area contributed by atoms with Crippen molar-refractivity contribution in [3.8, 4) is 11.4 Å². The van der Waals surface area contributed by atoms with E-state index < -0.39 is 0 Å². The van der Waals surface area contributed by atoms with Gasteiger partial charge in [0.15, 0.2) is 5.69 Å². The van der Waals surface area contributed by atoms with E-state index in [1.165, 1.54) is 5.56 Å². The fourth-order valence-electron chi connectivity index (χ4n) is 3.93. The Morgan fingerprint density at radius 2 is 1.75 bits per heavy atom. The molecule has 6 nitrogen and oxygen atoms in total. The summed E-state index contributed by atoms with van der Waals surface area (Å²) in [5.41, 5.74) is 5.07. The summed E-state index contributed by atoms with van der Waals surface area (Å²) in [6.07, 6.45) is 2.81. The summed E-state index contributed by atoms with van der Waals surface area (Å²) in [6.45, 7) is 0. The van der Waals surface area contributed by atoms with E-state index in [1.807, 2.05) is 66.7 Å². The molecule has 0 spiro atoms. The number of carbonyl (C=O) groups is 1. The highest BCUT2D eigenvalue weighted by Crippen LogP contribution is 2.42. The number of aromatic nitrogens is 3. The summed E-state index contributed by atoms with van der Waals surface area (Å²) in [6, 6.07) is 25.7. The molecule has 0 aliphatic heterocycles. The Hall–Kier alpha value is -3.93. The molecule has 160 valence electrons. The first-order valence-corrected chi connectivity index (χ1v) is 10.8. The number of amides is 1. The molecule has 1 amide bonds. The van der Waals surface area contributed by atoms with Crippen molar-refractivity contribution in [2.75, 3.05) is 12.4 Å². The van der Waals surface area contributed by atoms with Crippen molar-refractivity contribution >= 4 is 11.6 Å². The van der Waals surface area contributed by atoms with Crippen LogP contribution in [-0.4, -0.2) is 28.0 Å².